The largest absolute Gasteiger partial charge is 0.512 e. The van der Waals surface area contributed by atoms with Gasteiger partial charge in [-0.2, -0.15) is 0 Å². The zero-order valence-corrected chi connectivity index (χ0v) is 37.0. The molecule has 0 spiro atoms. The summed E-state index contributed by atoms with van der Waals surface area (Å²) in [5.41, 5.74) is 4.82. The molecule has 1 aliphatic rings. The number of nitrogens with zero attached hydrogens (tertiary/aromatic N) is 1. The van der Waals surface area contributed by atoms with E-state index in [4.69, 9.17) is 9.72 Å². The molecule has 5 heteroatoms. The van der Waals surface area contributed by atoms with Gasteiger partial charge in [0.05, 0.1) is 5.75 Å². The van der Waals surface area contributed by atoms with Gasteiger partial charge in [-0.3, -0.25) is 9.78 Å². The van der Waals surface area contributed by atoms with Gasteiger partial charge in [-0.15, -0.1) is 17.5 Å². The number of aromatic nitrogens is 1. The molecular weight excluding hydrogens is 843 g/mol. The van der Waals surface area contributed by atoms with Gasteiger partial charge in [-0.05, 0) is 96.1 Å². The second-order valence-electron chi connectivity index (χ2n) is 17.5. The smallest absolute Gasteiger partial charge is 0.162 e. The summed E-state index contributed by atoms with van der Waals surface area (Å²) in [5.74, 6) is 2.25. The van der Waals surface area contributed by atoms with Crippen molar-refractivity contribution in [3.63, 3.8) is 0 Å². The van der Waals surface area contributed by atoms with Crippen LogP contribution >= 0.6 is 0 Å². The van der Waals surface area contributed by atoms with E-state index in [9.17, 15) is 9.90 Å². The van der Waals surface area contributed by atoms with Crippen molar-refractivity contribution in [1.82, 2.24) is 4.98 Å². The van der Waals surface area contributed by atoms with Gasteiger partial charge in [0.2, 0.25) is 0 Å². The van der Waals surface area contributed by atoms with Crippen LogP contribution in [0.2, 0.25) is 0 Å². The monoisotopic (exact) mass is 905 g/mol. The molecular formula is C49H62IrNO3-. The number of allylic oxidation sites excluding steroid dienone is 2. The first-order chi connectivity index (χ1) is 25.1. The van der Waals surface area contributed by atoms with Crippen LogP contribution in [0.5, 0.6) is 11.5 Å². The molecule has 0 unspecified atom stereocenters. The van der Waals surface area contributed by atoms with Crippen molar-refractivity contribution in [3.8, 4) is 22.8 Å². The molecule has 0 bridgehead atoms. The number of carbonyl (C=O) groups is 1. The topological polar surface area (TPSA) is 59.4 Å². The number of ketones is 1. The molecule has 6 rings (SSSR count). The van der Waals surface area contributed by atoms with E-state index in [1.165, 1.54) is 38.7 Å². The predicted octanol–water partition coefficient (Wildman–Crippen LogP) is 14.3. The molecule has 0 amide bonds. The summed E-state index contributed by atoms with van der Waals surface area (Å²) >= 11 is 0. The Hall–Kier alpha value is -3.53. The Morgan fingerprint density at radius 3 is 2.09 bits per heavy atom. The van der Waals surface area contributed by atoms with Crippen molar-refractivity contribution in [2.75, 3.05) is 0 Å². The minimum absolute atomic E-state index is 0. The van der Waals surface area contributed by atoms with Crippen molar-refractivity contribution in [1.29, 1.82) is 0 Å². The fourth-order valence-corrected chi connectivity index (χ4v) is 8.00. The number of rotatable bonds is 11. The third-order valence-corrected chi connectivity index (χ3v) is 11.5. The Morgan fingerprint density at radius 1 is 0.833 bits per heavy atom. The number of ether oxygens (including phenoxy) is 1. The maximum atomic E-state index is 12.0. The average Bonchev–Trinajstić information content (AvgIpc) is 3.11. The van der Waals surface area contributed by atoms with Gasteiger partial charge in [-0.25, -0.2) is 0 Å². The van der Waals surface area contributed by atoms with E-state index < -0.39 is 0 Å². The zero-order valence-electron chi connectivity index (χ0n) is 34.6. The van der Waals surface area contributed by atoms with E-state index in [0.29, 0.717) is 0 Å². The van der Waals surface area contributed by atoms with Crippen LogP contribution in [0.3, 0.4) is 0 Å². The molecule has 54 heavy (non-hydrogen) atoms. The van der Waals surface area contributed by atoms with Crippen molar-refractivity contribution in [2.45, 2.75) is 128 Å². The van der Waals surface area contributed by atoms with Gasteiger partial charge >= 0.3 is 0 Å². The van der Waals surface area contributed by atoms with E-state index in [1.54, 1.807) is 0 Å². The Labute approximate surface area is 338 Å². The summed E-state index contributed by atoms with van der Waals surface area (Å²) in [7, 11) is 0. The first-order valence-electron chi connectivity index (χ1n) is 20.0. The van der Waals surface area contributed by atoms with Crippen molar-refractivity contribution in [2.24, 2.45) is 22.2 Å². The number of fused-ring (bicyclic) bond motifs is 5. The normalized spacial score (nSPS) is 13.0. The molecule has 1 N–H and O–H groups in total. The number of benzene rings is 4. The predicted molar refractivity (Wildman–Crippen MR) is 225 cm³/mol. The van der Waals surface area contributed by atoms with Crippen LogP contribution in [0.15, 0.2) is 72.6 Å². The number of aliphatic hydroxyl groups is 1. The molecule has 291 valence electrons. The molecule has 4 aromatic carbocycles. The summed E-state index contributed by atoms with van der Waals surface area (Å²) in [6, 6.07) is 23.3. The van der Waals surface area contributed by atoms with Crippen LogP contribution in [0.25, 0.3) is 43.6 Å². The number of aryl methyl sites for hydroxylation is 1. The van der Waals surface area contributed by atoms with E-state index >= 15 is 0 Å². The van der Waals surface area contributed by atoms with Crippen molar-refractivity contribution in [3.05, 3.63) is 89.8 Å². The van der Waals surface area contributed by atoms with E-state index in [0.717, 1.165) is 84.9 Å². The number of aliphatic hydroxyl groups excluding tert-OH is 1. The average molecular weight is 905 g/mol. The molecule has 0 saturated heterocycles. The SMILES string of the molecule is CC(C)(C)CCc1c2c([c-]c3ccccc13)-c1nccc3c1c(cc1c(CC(C)(C)C)cccc13)O2.CCC(CC)C(=O)/C=C(\O)C(CC)(CC)CC.[Ir]. The maximum absolute atomic E-state index is 12.0. The molecule has 0 saturated carbocycles. The van der Waals surface area contributed by atoms with Gasteiger partial charge in [0, 0.05) is 54.8 Å². The van der Waals surface area contributed by atoms with Gasteiger partial charge < -0.3 is 9.84 Å². The second-order valence-corrected chi connectivity index (χ2v) is 17.5. The van der Waals surface area contributed by atoms with Crippen molar-refractivity contribution >= 4 is 38.1 Å². The van der Waals surface area contributed by atoms with Gasteiger partial charge in [0.15, 0.2) is 5.78 Å². The zero-order chi connectivity index (χ0) is 38.7. The molecule has 0 atom stereocenters. The number of carbonyl (C=O) groups excluding carboxylic acids is 1. The molecule has 0 fully saturated rings. The summed E-state index contributed by atoms with van der Waals surface area (Å²) in [6.07, 6.45) is 10.8. The summed E-state index contributed by atoms with van der Waals surface area (Å²) in [4.78, 5) is 16.9. The third kappa shape index (κ3) is 9.11. The molecule has 2 heterocycles. The molecule has 4 nitrogen and oxygen atoms in total. The number of hydrogen-bond acceptors (Lipinski definition) is 4. The van der Waals surface area contributed by atoms with Gasteiger partial charge in [0.25, 0.3) is 0 Å². The number of pyridine rings is 1. The van der Waals surface area contributed by atoms with Crippen LogP contribution in [-0.4, -0.2) is 15.9 Å². The van der Waals surface area contributed by atoms with Crippen LogP contribution in [0.4, 0.5) is 0 Å². The molecule has 0 aliphatic carbocycles. The van der Waals surface area contributed by atoms with Crippen molar-refractivity contribution < 1.29 is 34.7 Å². The van der Waals surface area contributed by atoms with Gasteiger partial charge in [0.1, 0.15) is 11.5 Å². The quantitative estimate of drug-likeness (QED) is 0.0609. The Balaban J connectivity index is 0.000000309. The first-order valence-corrected chi connectivity index (χ1v) is 20.0. The summed E-state index contributed by atoms with van der Waals surface area (Å²) in [5, 5.41) is 17.4. The van der Waals surface area contributed by atoms with Crippen LogP contribution in [0.1, 0.15) is 126 Å². The Bertz CT molecular complexity index is 2120. The standard InChI is InChI=1S/C34H34NO.C15H28O2.Ir/c1-33(2,3)16-14-26-23-12-8-7-10-21(23)18-28-31-30-25(15-17-35-31)24-13-9-11-22(20-34(4,5)6)27(24)19-29(30)36-32(26)28;1-6-12(7-2)13(16)11-14(17)15(8-3,9-4)10-5;/h7-13,15,17,19H,14,16,20H2,1-6H3;11-12,17H,6-10H2,1-5H3;/q-1;;/b;14-11-;. The Kier molecular flexibility index (Phi) is 14.0. The van der Waals surface area contributed by atoms with Crippen LogP contribution in [0, 0.1) is 28.2 Å². The third-order valence-electron chi connectivity index (χ3n) is 11.5. The first kappa shape index (κ1) is 43.2. The Morgan fingerprint density at radius 2 is 1.48 bits per heavy atom. The maximum Gasteiger partial charge on any atom is 0.162 e. The summed E-state index contributed by atoms with van der Waals surface area (Å²) in [6.45, 7) is 24.0. The molecule has 1 aromatic heterocycles. The molecule has 1 radical (unpaired) electrons. The summed E-state index contributed by atoms with van der Waals surface area (Å²) < 4.78 is 6.88. The fraction of sp³-hybridized carbons (Fsp3) is 0.469. The fourth-order valence-electron chi connectivity index (χ4n) is 8.00. The van der Waals surface area contributed by atoms with E-state index in [1.807, 2.05) is 20.0 Å². The molecule has 1 aliphatic heterocycles. The van der Waals surface area contributed by atoms with E-state index in [2.05, 4.69) is 123 Å². The second kappa shape index (κ2) is 17.5. The van der Waals surface area contributed by atoms with Gasteiger partial charge in [-0.1, -0.05) is 129 Å². The van der Waals surface area contributed by atoms with E-state index in [-0.39, 0.29) is 53.8 Å². The number of hydrogen-bond donors (Lipinski definition) is 1. The minimum Gasteiger partial charge on any atom is -0.512 e. The van der Waals surface area contributed by atoms with Crippen LogP contribution in [-0.2, 0) is 37.7 Å². The molecule has 5 aromatic rings. The minimum atomic E-state index is -0.207. The van der Waals surface area contributed by atoms with Crippen LogP contribution < -0.4 is 4.74 Å².